The Morgan fingerprint density at radius 2 is 1.50 bits per heavy atom. The van der Waals surface area contributed by atoms with E-state index in [1.165, 1.54) is 0 Å². The number of nitrogens with zero attached hydrogens (tertiary/aromatic N) is 4. The molecule has 4 aromatic heterocycles. The smallest absolute Gasteiger partial charge is 0.120 e. The van der Waals surface area contributed by atoms with Gasteiger partial charge in [0.2, 0.25) is 0 Å². The predicted octanol–water partition coefficient (Wildman–Crippen LogP) is 6.44. The molecule has 0 radical (unpaired) electrons. The number of imidazole rings is 2. The minimum atomic E-state index is 0.456. The Labute approximate surface area is 238 Å². The number of fused-ring (bicyclic) bond motifs is 1. The van der Waals surface area contributed by atoms with E-state index in [9.17, 15) is 0 Å². The Bertz CT molecular complexity index is 1460. The fourth-order valence-corrected chi connectivity index (χ4v) is 4.25. The van der Waals surface area contributed by atoms with Gasteiger partial charge in [-0.05, 0) is 44.0 Å². The van der Waals surface area contributed by atoms with Crippen LogP contribution in [0.1, 0.15) is 59.1 Å². The molecule has 5 rings (SSSR count). The van der Waals surface area contributed by atoms with E-state index in [-0.39, 0.29) is 0 Å². The van der Waals surface area contributed by atoms with E-state index < -0.39 is 0 Å². The lowest BCUT2D eigenvalue weighted by atomic mass is 10.1. The summed E-state index contributed by atoms with van der Waals surface area (Å²) in [5.74, 6) is 1.87. The highest BCUT2D eigenvalue weighted by Crippen LogP contribution is 2.28. The number of benzene rings is 1. The summed E-state index contributed by atoms with van der Waals surface area (Å²) in [6.07, 6.45) is 18.0. The van der Waals surface area contributed by atoms with E-state index >= 15 is 0 Å². The molecule has 5 aromatic rings. The van der Waals surface area contributed by atoms with Crippen LogP contribution < -0.4 is 10.6 Å². The molecule has 8 nitrogen and oxygen atoms in total. The van der Waals surface area contributed by atoms with Gasteiger partial charge in [0.25, 0.3) is 0 Å². The largest absolute Gasteiger partial charge is 0.341 e. The first-order valence-corrected chi connectivity index (χ1v) is 14.1. The van der Waals surface area contributed by atoms with Crippen LogP contribution in [-0.2, 0) is 13.1 Å². The third-order valence-electron chi connectivity index (χ3n) is 6.52. The van der Waals surface area contributed by atoms with Crippen molar-refractivity contribution in [3.05, 3.63) is 72.8 Å². The number of terminal acetylenes is 1. The van der Waals surface area contributed by atoms with Crippen molar-refractivity contribution in [2.45, 2.75) is 66.6 Å². The normalized spacial score (nSPS) is 11.4. The average molecular weight is 539 g/mol. The molecule has 1 aromatic carbocycles. The predicted molar refractivity (Wildman–Crippen MR) is 166 cm³/mol. The molecule has 1 atom stereocenters. The Morgan fingerprint density at radius 1 is 0.850 bits per heavy atom. The molecule has 0 fully saturated rings. The van der Waals surface area contributed by atoms with Crippen LogP contribution >= 0.6 is 0 Å². The Hall–Kier alpha value is -4.19. The van der Waals surface area contributed by atoms with E-state index in [4.69, 9.17) is 4.98 Å². The molecule has 4 N–H and O–H groups in total. The van der Waals surface area contributed by atoms with Gasteiger partial charge in [-0.15, -0.1) is 12.8 Å². The van der Waals surface area contributed by atoms with E-state index in [1.807, 2.05) is 32.4 Å². The standard InChI is InChI=1S/C28H34N8.C2H6.C2H2/c1-4-12-29-17-26-31-14-22(34-26)20-8-10-21(11-9-20)25-16-33-28(24-7-6-13-36(24)25)23-15-32-27(35-23)18-30-19(3)5-2;2*1-2/h6-11,13-16,19,29-30H,4-5,12,17-18H2,1-3H3,(H,31,34)(H,32,35);1-2H3;1-2H/t19-;;/m0../s1. The fraction of sp³-hybridized carbons (Fsp3) is 0.344. The quantitative estimate of drug-likeness (QED) is 0.115. The summed E-state index contributed by atoms with van der Waals surface area (Å²) < 4.78 is 2.18. The van der Waals surface area contributed by atoms with Crippen LogP contribution in [0.3, 0.4) is 0 Å². The first-order valence-electron chi connectivity index (χ1n) is 14.1. The topological polar surface area (TPSA) is 98.7 Å². The van der Waals surface area contributed by atoms with Crippen molar-refractivity contribution in [3.8, 4) is 46.7 Å². The lowest BCUT2D eigenvalue weighted by molar-refractivity contribution is 0.525. The molecule has 0 aliphatic carbocycles. The Kier molecular flexibility index (Phi) is 11.7. The number of aromatic amines is 2. The highest BCUT2D eigenvalue weighted by Gasteiger charge is 2.13. The summed E-state index contributed by atoms with van der Waals surface area (Å²) >= 11 is 0. The zero-order chi connectivity index (χ0) is 28.9. The Balaban J connectivity index is 0.00000106. The van der Waals surface area contributed by atoms with Gasteiger partial charge in [-0.1, -0.05) is 52.0 Å². The molecule has 0 aliphatic rings. The summed E-state index contributed by atoms with van der Waals surface area (Å²) in [5.41, 5.74) is 7.13. The van der Waals surface area contributed by atoms with Crippen LogP contribution in [0.2, 0.25) is 0 Å². The highest BCUT2D eigenvalue weighted by molar-refractivity contribution is 5.78. The maximum absolute atomic E-state index is 4.83. The van der Waals surface area contributed by atoms with Gasteiger partial charge in [0.1, 0.15) is 17.3 Å². The van der Waals surface area contributed by atoms with Gasteiger partial charge in [-0.2, -0.15) is 0 Å². The second-order valence-electron chi connectivity index (χ2n) is 9.19. The zero-order valence-electron chi connectivity index (χ0n) is 24.3. The summed E-state index contributed by atoms with van der Waals surface area (Å²) in [6.45, 7) is 13.0. The van der Waals surface area contributed by atoms with Crippen molar-refractivity contribution in [3.63, 3.8) is 0 Å². The van der Waals surface area contributed by atoms with Gasteiger partial charge in [0.05, 0.1) is 54.3 Å². The molecule has 40 heavy (non-hydrogen) atoms. The molecular formula is C32H42N8. The number of aromatic nitrogens is 6. The molecule has 0 aliphatic heterocycles. The van der Waals surface area contributed by atoms with Gasteiger partial charge in [-0.25, -0.2) is 9.97 Å². The van der Waals surface area contributed by atoms with Gasteiger partial charge in [0, 0.05) is 17.8 Å². The molecule has 210 valence electrons. The molecule has 0 saturated carbocycles. The average Bonchev–Trinajstić information content (AvgIpc) is 3.79. The van der Waals surface area contributed by atoms with Crippen LogP contribution in [0.5, 0.6) is 0 Å². The number of rotatable bonds is 11. The van der Waals surface area contributed by atoms with Crippen molar-refractivity contribution in [2.24, 2.45) is 0 Å². The van der Waals surface area contributed by atoms with Gasteiger partial charge in [-0.3, -0.25) is 4.98 Å². The maximum Gasteiger partial charge on any atom is 0.120 e. The summed E-state index contributed by atoms with van der Waals surface area (Å²) in [4.78, 5) is 20.7. The third kappa shape index (κ3) is 7.26. The lowest BCUT2D eigenvalue weighted by Gasteiger charge is -2.10. The molecule has 4 heterocycles. The van der Waals surface area contributed by atoms with E-state index in [1.54, 1.807) is 0 Å². The van der Waals surface area contributed by atoms with Crippen LogP contribution in [0.25, 0.3) is 39.4 Å². The van der Waals surface area contributed by atoms with Crippen molar-refractivity contribution < 1.29 is 0 Å². The first-order chi connectivity index (χ1) is 19.7. The van der Waals surface area contributed by atoms with Gasteiger partial charge < -0.3 is 25.0 Å². The molecule has 0 saturated heterocycles. The van der Waals surface area contributed by atoms with Crippen molar-refractivity contribution >= 4 is 5.52 Å². The van der Waals surface area contributed by atoms with E-state index in [0.717, 1.165) is 77.0 Å². The molecule has 0 bridgehead atoms. The third-order valence-corrected chi connectivity index (χ3v) is 6.52. The van der Waals surface area contributed by atoms with Crippen LogP contribution in [0, 0.1) is 12.8 Å². The molecule has 0 unspecified atom stereocenters. The minimum Gasteiger partial charge on any atom is -0.341 e. The number of hydrogen-bond donors (Lipinski definition) is 4. The summed E-state index contributed by atoms with van der Waals surface area (Å²) in [7, 11) is 0. The van der Waals surface area contributed by atoms with E-state index in [0.29, 0.717) is 12.6 Å². The monoisotopic (exact) mass is 538 g/mol. The van der Waals surface area contributed by atoms with Gasteiger partial charge >= 0.3 is 0 Å². The molecule has 8 heteroatoms. The summed E-state index contributed by atoms with van der Waals surface area (Å²) in [5, 5.41) is 6.86. The fourth-order valence-electron chi connectivity index (χ4n) is 4.25. The van der Waals surface area contributed by atoms with Gasteiger partial charge in [0.15, 0.2) is 0 Å². The van der Waals surface area contributed by atoms with E-state index in [2.05, 4.69) is 111 Å². The number of hydrogen-bond acceptors (Lipinski definition) is 5. The summed E-state index contributed by atoms with van der Waals surface area (Å²) in [6, 6.07) is 13.1. The van der Waals surface area contributed by atoms with Crippen molar-refractivity contribution in [1.82, 2.24) is 40.0 Å². The Morgan fingerprint density at radius 3 is 2.20 bits per heavy atom. The maximum atomic E-state index is 4.83. The SMILES string of the molecule is C#C.CC.CCCNCc1ncc(-c2ccc(-c3cnc(-c4cnc(CN[C@@H](C)CC)[nH]4)c4cccn34)cc2)[nH]1. The van der Waals surface area contributed by atoms with Crippen molar-refractivity contribution in [2.75, 3.05) is 6.54 Å². The van der Waals surface area contributed by atoms with Crippen LogP contribution in [0.15, 0.2) is 61.2 Å². The highest BCUT2D eigenvalue weighted by atomic mass is 15.0. The van der Waals surface area contributed by atoms with Crippen molar-refractivity contribution in [1.29, 1.82) is 0 Å². The van der Waals surface area contributed by atoms with Crippen LogP contribution in [-0.4, -0.2) is 41.9 Å². The van der Waals surface area contributed by atoms with Crippen LogP contribution in [0.4, 0.5) is 0 Å². The number of H-pyrrole nitrogens is 2. The lowest BCUT2D eigenvalue weighted by Crippen LogP contribution is -2.24. The molecule has 0 amide bonds. The second kappa shape index (κ2) is 15.4. The zero-order valence-corrected chi connectivity index (χ0v) is 24.3. The molecular weight excluding hydrogens is 496 g/mol. The molecule has 0 spiro atoms. The number of nitrogens with one attached hydrogen (secondary N) is 4. The minimum absolute atomic E-state index is 0.456. The first kappa shape index (κ1) is 30.4. The second-order valence-corrected chi connectivity index (χ2v) is 9.19.